The van der Waals surface area contributed by atoms with Gasteiger partial charge in [-0.25, -0.2) is 4.39 Å². The zero-order valence-electron chi connectivity index (χ0n) is 19.2. The van der Waals surface area contributed by atoms with E-state index in [1.807, 2.05) is 62.4 Å². The molecule has 1 heterocycles. The van der Waals surface area contributed by atoms with E-state index in [2.05, 4.69) is 16.3 Å². The van der Waals surface area contributed by atoms with Crippen LogP contribution in [0.1, 0.15) is 16.7 Å². The van der Waals surface area contributed by atoms with Gasteiger partial charge in [0, 0.05) is 16.9 Å². The van der Waals surface area contributed by atoms with Crippen molar-refractivity contribution in [3.05, 3.63) is 89.2 Å². The second-order valence-electron chi connectivity index (χ2n) is 8.71. The molecule has 0 atom stereocenters. The molecule has 2 N–H and O–H groups in total. The maximum absolute atomic E-state index is 13.9. The Kier molecular flexibility index (Phi) is 7.25. The van der Waals surface area contributed by atoms with E-state index < -0.39 is 0 Å². The number of carbonyl (C=O) groups excluding carboxylic acids is 1. The molecule has 5 nitrogen and oxygen atoms in total. The Labute approximate surface area is 194 Å². The normalized spacial score (nSPS) is 14.2. The summed E-state index contributed by atoms with van der Waals surface area (Å²) < 4.78 is 19.6. The lowest BCUT2D eigenvalue weighted by Gasteiger charge is -2.33. The van der Waals surface area contributed by atoms with Gasteiger partial charge in [-0.2, -0.15) is 0 Å². The fourth-order valence-corrected chi connectivity index (χ4v) is 4.29. The molecular weight excluding hydrogens is 417 g/mol. The molecule has 1 aliphatic rings. The fraction of sp³-hybridized carbons (Fsp3) is 0.296. The van der Waals surface area contributed by atoms with E-state index in [0.717, 1.165) is 60.8 Å². The smallest absolute Gasteiger partial charge is 0.262 e. The van der Waals surface area contributed by atoms with Crippen LogP contribution in [0.5, 0.6) is 5.75 Å². The molecule has 3 aromatic carbocycles. The number of hydrogen-bond donors (Lipinski definition) is 2. The Hall–Kier alpha value is -3.38. The van der Waals surface area contributed by atoms with Gasteiger partial charge in [0.25, 0.3) is 5.91 Å². The summed E-state index contributed by atoms with van der Waals surface area (Å²) in [5.41, 5.74) is 4.87. The predicted molar refractivity (Wildman–Crippen MR) is 129 cm³/mol. The third-order valence-corrected chi connectivity index (χ3v) is 5.95. The van der Waals surface area contributed by atoms with Crippen LogP contribution in [0.3, 0.4) is 0 Å². The van der Waals surface area contributed by atoms with Crippen LogP contribution in [0.2, 0.25) is 0 Å². The van der Waals surface area contributed by atoms with E-state index in [-0.39, 0.29) is 18.3 Å². The first kappa shape index (κ1) is 22.8. The molecule has 0 aliphatic carbocycles. The van der Waals surface area contributed by atoms with Gasteiger partial charge < -0.3 is 19.9 Å². The Morgan fingerprint density at radius 2 is 1.67 bits per heavy atom. The SMILES string of the molecule is Cc1cc(C)cc(OCC(=O)Nc2ccc(N3CC[NH+](Cc4ccccc4F)CC3)cc2)c1. The van der Waals surface area contributed by atoms with Gasteiger partial charge in [0.1, 0.15) is 18.1 Å². The maximum atomic E-state index is 13.9. The number of rotatable bonds is 7. The minimum atomic E-state index is -0.188. The maximum Gasteiger partial charge on any atom is 0.262 e. The third kappa shape index (κ3) is 6.33. The average molecular weight is 449 g/mol. The van der Waals surface area contributed by atoms with Gasteiger partial charge in [0.15, 0.2) is 6.61 Å². The first-order valence-corrected chi connectivity index (χ1v) is 11.4. The molecule has 1 fully saturated rings. The van der Waals surface area contributed by atoms with E-state index >= 15 is 0 Å². The van der Waals surface area contributed by atoms with Gasteiger partial charge in [-0.1, -0.05) is 24.3 Å². The number of halogens is 1. The Balaban J connectivity index is 1.24. The number of benzene rings is 3. The van der Waals surface area contributed by atoms with Gasteiger partial charge in [-0.05, 0) is 67.4 Å². The molecule has 0 spiro atoms. The van der Waals surface area contributed by atoms with Crippen LogP contribution in [0.25, 0.3) is 0 Å². The zero-order chi connectivity index (χ0) is 23.2. The molecule has 0 saturated carbocycles. The van der Waals surface area contributed by atoms with Gasteiger partial charge in [-0.15, -0.1) is 0 Å². The number of ether oxygens (including phenoxy) is 1. The second kappa shape index (κ2) is 10.5. The van der Waals surface area contributed by atoms with E-state index in [0.29, 0.717) is 5.75 Å². The van der Waals surface area contributed by atoms with Crippen molar-refractivity contribution in [1.29, 1.82) is 0 Å². The molecule has 1 amide bonds. The number of nitrogens with zero attached hydrogens (tertiary/aromatic N) is 1. The molecule has 4 rings (SSSR count). The highest BCUT2D eigenvalue weighted by Crippen LogP contribution is 2.19. The molecule has 33 heavy (non-hydrogen) atoms. The number of aryl methyl sites for hydroxylation is 2. The van der Waals surface area contributed by atoms with E-state index in [1.165, 1.54) is 11.0 Å². The summed E-state index contributed by atoms with van der Waals surface area (Å²) in [6.45, 7) is 8.45. The standard InChI is InChI=1S/C27H30FN3O2/c1-20-15-21(2)17-25(16-20)33-19-27(32)29-23-7-9-24(10-8-23)31-13-11-30(12-14-31)18-22-5-3-4-6-26(22)28/h3-10,15-17H,11-14,18-19H2,1-2H3,(H,29,32)/p+1. The number of quaternary nitrogens is 1. The van der Waals surface area contributed by atoms with E-state index in [4.69, 9.17) is 4.74 Å². The second-order valence-corrected chi connectivity index (χ2v) is 8.71. The summed E-state index contributed by atoms with van der Waals surface area (Å²) in [6.07, 6.45) is 0. The lowest BCUT2D eigenvalue weighted by atomic mass is 10.1. The van der Waals surface area contributed by atoms with Gasteiger partial charge in [0.2, 0.25) is 0 Å². The lowest BCUT2D eigenvalue weighted by molar-refractivity contribution is -0.914. The minimum absolute atomic E-state index is 0.0304. The Morgan fingerprint density at radius 1 is 1.00 bits per heavy atom. The summed E-state index contributed by atoms with van der Waals surface area (Å²) >= 11 is 0. The topological polar surface area (TPSA) is 46.0 Å². The predicted octanol–water partition coefficient (Wildman–Crippen LogP) is 3.37. The van der Waals surface area contributed by atoms with Crippen LogP contribution >= 0.6 is 0 Å². The molecular formula is C27H31FN3O2+. The highest BCUT2D eigenvalue weighted by atomic mass is 19.1. The first-order valence-electron chi connectivity index (χ1n) is 11.4. The van der Waals surface area contributed by atoms with Gasteiger partial charge >= 0.3 is 0 Å². The number of anilines is 2. The highest BCUT2D eigenvalue weighted by Gasteiger charge is 2.21. The van der Waals surface area contributed by atoms with E-state index in [9.17, 15) is 9.18 Å². The molecule has 0 bridgehead atoms. The molecule has 1 saturated heterocycles. The van der Waals surface area contributed by atoms with Crippen molar-refractivity contribution in [2.75, 3.05) is 43.0 Å². The molecule has 6 heteroatoms. The number of piperazine rings is 1. The van der Waals surface area contributed by atoms with Crippen molar-refractivity contribution in [1.82, 2.24) is 0 Å². The van der Waals surface area contributed by atoms with Crippen molar-refractivity contribution >= 4 is 17.3 Å². The number of nitrogens with one attached hydrogen (secondary N) is 2. The number of amides is 1. The van der Waals surface area contributed by atoms with Crippen LogP contribution in [0.15, 0.2) is 66.7 Å². The molecule has 0 aromatic heterocycles. The van der Waals surface area contributed by atoms with Gasteiger partial charge in [-0.3, -0.25) is 4.79 Å². The van der Waals surface area contributed by atoms with Crippen LogP contribution in [-0.2, 0) is 11.3 Å². The van der Waals surface area contributed by atoms with Crippen molar-refractivity contribution < 1.29 is 18.8 Å². The largest absolute Gasteiger partial charge is 0.484 e. The Morgan fingerprint density at radius 3 is 2.33 bits per heavy atom. The molecule has 0 radical (unpaired) electrons. The fourth-order valence-electron chi connectivity index (χ4n) is 4.29. The molecule has 172 valence electrons. The Bertz CT molecular complexity index is 1070. The summed E-state index contributed by atoms with van der Waals surface area (Å²) in [5.74, 6) is 0.394. The third-order valence-electron chi connectivity index (χ3n) is 5.95. The summed E-state index contributed by atoms with van der Waals surface area (Å²) in [4.78, 5) is 16.0. The van der Waals surface area contributed by atoms with Crippen LogP contribution in [0, 0.1) is 19.7 Å². The highest BCUT2D eigenvalue weighted by molar-refractivity contribution is 5.92. The molecule has 1 aliphatic heterocycles. The van der Waals surface area contributed by atoms with Crippen molar-refractivity contribution in [3.63, 3.8) is 0 Å². The molecule has 3 aromatic rings. The van der Waals surface area contributed by atoms with Crippen molar-refractivity contribution in [3.8, 4) is 5.75 Å². The lowest BCUT2D eigenvalue weighted by Crippen LogP contribution is -3.13. The summed E-state index contributed by atoms with van der Waals surface area (Å²) in [7, 11) is 0. The first-order chi connectivity index (χ1) is 16.0. The number of hydrogen-bond acceptors (Lipinski definition) is 3. The zero-order valence-corrected chi connectivity index (χ0v) is 19.2. The van der Waals surface area contributed by atoms with Crippen LogP contribution < -0.4 is 19.9 Å². The number of carbonyl (C=O) groups is 1. The van der Waals surface area contributed by atoms with Crippen molar-refractivity contribution in [2.24, 2.45) is 0 Å². The van der Waals surface area contributed by atoms with Gasteiger partial charge in [0.05, 0.1) is 26.2 Å². The van der Waals surface area contributed by atoms with E-state index in [1.54, 1.807) is 6.07 Å². The van der Waals surface area contributed by atoms with Crippen LogP contribution in [0.4, 0.5) is 15.8 Å². The summed E-state index contributed by atoms with van der Waals surface area (Å²) in [6, 6.07) is 20.8. The monoisotopic (exact) mass is 448 g/mol. The molecule has 0 unspecified atom stereocenters. The summed E-state index contributed by atoms with van der Waals surface area (Å²) in [5, 5.41) is 2.89. The average Bonchev–Trinajstić information content (AvgIpc) is 2.80. The quantitative estimate of drug-likeness (QED) is 0.583. The van der Waals surface area contributed by atoms with Crippen LogP contribution in [-0.4, -0.2) is 38.7 Å². The minimum Gasteiger partial charge on any atom is -0.484 e. The van der Waals surface area contributed by atoms with Crippen molar-refractivity contribution in [2.45, 2.75) is 20.4 Å².